The van der Waals surface area contributed by atoms with Crippen molar-refractivity contribution in [2.45, 2.75) is 20.0 Å². The van der Waals surface area contributed by atoms with Crippen LogP contribution in [-0.4, -0.2) is 20.3 Å². The Balaban J connectivity index is 1.56. The minimum Gasteiger partial charge on any atom is -0.342 e. The molecule has 0 spiro atoms. The zero-order valence-electron chi connectivity index (χ0n) is 18.3. The Morgan fingerprint density at radius 2 is 1.79 bits per heavy atom. The number of anilines is 1. The van der Waals surface area contributed by atoms with Crippen LogP contribution in [0.25, 0.3) is 22.2 Å². The van der Waals surface area contributed by atoms with Crippen molar-refractivity contribution in [2.24, 2.45) is 0 Å². The molecule has 0 saturated heterocycles. The minimum atomic E-state index is -0.489. The normalized spacial score (nSPS) is 11.3. The van der Waals surface area contributed by atoms with Gasteiger partial charge in [-0.25, -0.2) is 13.5 Å². The minimum absolute atomic E-state index is 0.142. The summed E-state index contributed by atoms with van der Waals surface area (Å²) in [6.07, 6.45) is 1.58. The van der Waals surface area contributed by atoms with Crippen molar-refractivity contribution in [1.29, 1.82) is 0 Å². The average Bonchev–Trinajstić information content (AvgIpc) is 3.12. The van der Waals surface area contributed by atoms with Crippen LogP contribution < -0.4 is 10.9 Å². The van der Waals surface area contributed by atoms with Gasteiger partial charge in [0.15, 0.2) is 0 Å². The van der Waals surface area contributed by atoms with Gasteiger partial charge in [0, 0.05) is 22.8 Å². The molecule has 1 amide bonds. The van der Waals surface area contributed by atoms with Crippen LogP contribution in [-0.2, 0) is 17.9 Å². The van der Waals surface area contributed by atoms with Gasteiger partial charge in [0.05, 0.1) is 17.6 Å². The molecule has 0 aromatic heterocycles. The van der Waals surface area contributed by atoms with Crippen molar-refractivity contribution in [2.75, 3.05) is 5.32 Å². The van der Waals surface area contributed by atoms with E-state index >= 15 is 0 Å². The van der Waals surface area contributed by atoms with Gasteiger partial charge < -0.3 is 9.88 Å². The van der Waals surface area contributed by atoms with Crippen LogP contribution in [0.2, 0.25) is 0 Å². The fourth-order valence-corrected chi connectivity index (χ4v) is 3.97. The quantitative estimate of drug-likeness (QED) is 0.419. The molecular weight excluding hydrogens is 438 g/mol. The number of aromatic nitrogens is 3. The van der Waals surface area contributed by atoms with E-state index in [9.17, 15) is 18.4 Å². The second kappa shape index (κ2) is 8.55. The number of benzene rings is 3. The van der Waals surface area contributed by atoms with E-state index in [4.69, 9.17) is 0 Å². The van der Waals surface area contributed by atoms with Gasteiger partial charge in [-0.15, -0.1) is 0 Å². The van der Waals surface area contributed by atoms with E-state index in [-0.39, 0.29) is 30.2 Å². The van der Waals surface area contributed by atoms with Crippen molar-refractivity contribution in [3.8, 4) is 11.3 Å². The molecular formula is C26H20F2N4O2. The van der Waals surface area contributed by atoms with E-state index < -0.39 is 17.3 Å². The zero-order chi connectivity index (χ0) is 23.8. The van der Waals surface area contributed by atoms with Crippen LogP contribution in [0.4, 0.5) is 14.5 Å². The number of fused-ring (bicyclic) bond motifs is 3. The molecule has 1 N–H and O–H groups in total. The highest BCUT2D eigenvalue weighted by Gasteiger charge is 2.22. The van der Waals surface area contributed by atoms with E-state index in [0.717, 1.165) is 10.2 Å². The maximum Gasteiger partial charge on any atom is 0.278 e. The standard InChI is InChI=1S/C26H20F2N4O2/c1-16-6-9-19(10-7-16)29-24(33)15-32-26(34)21-14-31(13-17-4-2-3-5-22(17)28)23-11-8-18(27)12-20(23)25(21)30-32/h2-12,14H,13,15H2,1H3,(H,29,33). The topological polar surface area (TPSA) is 68.9 Å². The highest BCUT2D eigenvalue weighted by atomic mass is 19.1. The van der Waals surface area contributed by atoms with Crippen molar-refractivity contribution in [3.05, 3.63) is 106 Å². The smallest absolute Gasteiger partial charge is 0.278 e. The van der Waals surface area contributed by atoms with E-state index in [0.29, 0.717) is 22.2 Å². The number of hydrogen-bond donors (Lipinski definition) is 1. The number of amides is 1. The second-order valence-electron chi connectivity index (χ2n) is 8.15. The summed E-state index contributed by atoms with van der Waals surface area (Å²) in [5.74, 6) is -1.28. The van der Waals surface area contributed by atoms with Crippen LogP contribution in [0.15, 0.2) is 77.7 Å². The molecule has 3 aromatic carbocycles. The first-order chi connectivity index (χ1) is 16.4. The lowest BCUT2D eigenvalue weighted by Gasteiger charge is -2.14. The molecule has 5 rings (SSSR count). The molecule has 34 heavy (non-hydrogen) atoms. The van der Waals surface area contributed by atoms with E-state index in [1.165, 1.54) is 18.2 Å². The molecule has 2 heterocycles. The van der Waals surface area contributed by atoms with Gasteiger partial charge in [0.25, 0.3) is 5.56 Å². The lowest BCUT2D eigenvalue weighted by atomic mass is 10.1. The van der Waals surface area contributed by atoms with Crippen LogP contribution in [0.5, 0.6) is 0 Å². The van der Waals surface area contributed by atoms with Gasteiger partial charge >= 0.3 is 0 Å². The zero-order valence-corrected chi connectivity index (χ0v) is 18.3. The van der Waals surface area contributed by atoms with Gasteiger partial charge in [-0.2, -0.15) is 5.10 Å². The Labute approximate surface area is 193 Å². The predicted molar refractivity (Wildman–Crippen MR) is 126 cm³/mol. The highest BCUT2D eigenvalue weighted by molar-refractivity contribution is 5.94. The van der Waals surface area contributed by atoms with Crippen molar-refractivity contribution >= 4 is 22.5 Å². The Kier molecular flexibility index (Phi) is 5.41. The molecule has 6 nitrogen and oxygen atoms in total. The summed E-state index contributed by atoms with van der Waals surface area (Å²) in [6, 6.07) is 17.8. The number of carbonyl (C=O) groups excluding carboxylic acids is 1. The van der Waals surface area contributed by atoms with Crippen molar-refractivity contribution < 1.29 is 13.6 Å². The number of rotatable bonds is 5. The van der Waals surface area contributed by atoms with E-state index in [1.54, 1.807) is 47.2 Å². The molecule has 3 aromatic rings. The van der Waals surface area contributed by atoms with Crippen molar-refractivity contribution in [3.63, 3.8) is 0 Å². The number of hydrogen-bond acceptors (Lipinski definition) is 3. The van der Waals surface area contributed by atoms with Crippen LogP contribution >= 0.6 is 0 Å². The molecule has 8 heteroatoms. The lowest BCUT2D eigenvalue weighted by molar-refractivity contribution is -0.116. The number of carbonyl (C=O) groups is 1. The second-order valence-corrected chi connectivity index (χ2v) is 8.15. The largest absolute Gasteiger partial charge is 0.342 e. The molecule has 0 fully saturated rings. The molecule has 2 aliphatic rings. The monoisotopic (exact) mass is 458 g/mol. The molecule has 0 unspecified atom stereocenters. The SMILES string of the molecule is Cc1ccc(NC(=O)Cn2nc3c4cc(F)ccc4n(Cc4ccccc4F)cc-3c2=O)cc1. The summed E-state index contributed by atoms with van der Waals surface area (Å²) in [4.78, 5) is 25.6. The van der Waals surface area contributed by atoms with E-state index in [1.807, 2.05) is 19.1 Å². The molecule has 0 saturated carbocycles. The Morgan fingerprint density at radius 1 is 1.03 bits per heavy atom. The number of aryl methyl sites for hydroxylation is 1. The maximum absolute atomic E-state index is 14.3. The Hall–Kier alpha value is -4.33. The van der Waals surface area contributed by atoms with Crippen molar-refractivity contribution in [1.82, 2.24) is 14.3 Å². The highest BCUT2D eigenvalue weighted by Crippen LogP contribution is 2.29. The third-order valence-corrected chi connectivity index (χ3v) is 5.68. The summed E-state index contributed by atoms with van der Waals surface area (Å²) in [5, 5.41) is 7.48. The van der Waals surface area contributed by atoms with Gasteiger partial charge in [0.2, 0.25) is 5.91 Å². The van der Waals surface area contributed by atoms with Crippen LogP contribution in [0.1, 0.15) is 11.1 Å². The average molecular weight is 458 g/mol. The summed E-state index contributed by atoms with van der Waals surface area (Å²) in [6.45, 7) is 1.78. The number of nitrogens with one attached hydrogen (secondary N) is 1. The summed E-state index contributed by atoms with van der Waals surface area (Å²) >= 11 is 0. The summed E-state index contributed by atoms with van der Waals surface area (Å²) < 4.78 is 31.2. The lowest BCUT2D eigenvalue weighted by Crippen LogP contribution is -2.26. The molecule has 0 atom stereocenters. The third kappa shape index (κ3) is 4.05. The number of halogens is 2. The molecule has 170 valence electrons. The van der Waals surface area contributed by atoms with E-state index in [2.05, 4.69) is 10.4 Å². The molecule has 0 bridgehead atoms. The van der Waals surface area contributed by atoms with Gasteiger partial charge in [-0.05, 0) is 43.3 Å². The Bertz CT molecular complexity index is 1550. The van der Waals surface area contributed by atoms with Crippen LogP contribution in [0.3, 0.4) is 0 Å². The first kappa shape index (κ1) is 21.5. The number of nitrogens with zero attached hydrogens (tertiary/aromatic N) is 3. The van der Waals surface area contributed by atoms with Gasteiger partial charge in [-0.1, -0.05) is 35.9 Å². The first-order valence-corrected chi connectivity index (χ1v) is 10.7. The number of pyridine rings is 1. The van der Waals surface area contributed by atoms with Gasteiger partial charge in [0.1, 0.15) is 23.9 Å². The van der Waals surface area contributed by atoms with Gasteiger partial charge in [-0.3, -0.25) is 9.59 Å². The Morgan fingerprint density at radius 3 is 2.56 bits per heavy atom. The molecule has 0 aliphatic carbocycles. The fourth-order valence-electron chi connectivity index (χ4n) is 3.97. The fraction of sp³-hybridized carbons (Fsp3) is 0.115. The molecule has 2 aliphatic heterocycles. The maximum atomic E-state index is 14.3. The summed E-state index contributed by atoms with van der Waals surface area (Å²) in [5.41, 5.74) is 2.70. The summed E-state index contributed by atoms with van der Waals surface area (Å²) in [7, 11) is 0. The van der Waals surface area contributed by atoms with Crippen LogP contribution in [0, 0.1) is 18.6 Å². The predicted octanol–water partition coefficient (Wildman–Crippen LogP) is 4.58. The molecule has 0 radical (unpaired) electrons. The first-order valence-electron chi connectivity index (χ1n) is 10.7. The third-order valence-electron chi connectivity index (χ3n) is 5.68.